The second-order valence-corrected chi connectivity index (χ2v) is 6.24. The fourth-order valence-electron chi connectivity index (χ4n) is 0.752. The van der Waals surface area contributed by atoms with Crippen molar-refractivity contribution in [3.8, 4) is 0 Å². The number of hydrogen-bond donors (Lipinski definition) is 0. The van der Waals surface area contributed by atoms with Gasteiger partial charge in [0.2, 0.25) is 0 Å². The molecular formula is C7H7Cl2N3O2S. The fourth-order valence-corrected chi connectivity index (χ4v) is 1.57. The van der Waals surface area contributed by atoms with E-state index in [0.29, 0.717) is 0 Å². The quantitative estimate of drug-likeness (QED) is 0.776. The smallest absolute Gasteiger partial charge is 0.266 e. The lowest BCUT2D eigenvalue weighted by atomic mass is 10.3. The second-order valence-electron chi connectivity index (χ2n) is 2.95. The van der Waals surface area contributed by atoms with Crippen molar-refractivity contribution in [1.82, 2.24) is 10.2 Å². The number of carbonyl (C=O) groups excluding carboxylic acids is 1. The van der Waals surface area contributed by atoms with E-state index in [1.165, 1.54) is 18.6 Å². The molecule has 1 aromatic heterocycles. The van der Waals surface area contributed by atoms with E-state index < -0.39 is 15.6 Å². The van der Waals surface area contributed by atoms with Gasteiger partial charge in [-0.1, -0.05) is 23.2 Å². The van der Waals surface area contributed by atoms with Crippen LogP contribution in [0.1, 0.15) is 10.4 Å². The third-order valence-electron chi connectivity index (χ3n) is 1.25. The second kappa shape index (κ2) is 4.42. The van der Waals surface area contributed by atoms with Crippen LogP contribution in [-0.2, 0) is 9.73 Å². The minimum Gasteiger partial charge on any atom is -0.266 e. The molecule has 1 heterocycles. The molecule has 0 N–H and O–H groups in total. The van der Waals surface area contributed by atoms with Crippen molar-refractivity contribution < 1.29 is 9.00 Å². The Balaban J connectivity index is 3.24. The van der Waals surface area contributed by atoms with Gasteiger partial charge in [-0.25, -0.2) is 4.21 Å². The average Bonchev–Trinajstić information content (AvgIpc) is 2.06. The molecule has 0 aliphatic heterocycles. The Bertz CT molecular complexity index is 515. The Hall–Kier alpha value is -0.720. The first-order chi connectivity index (χ1) is 6.79. The Morgan fingerprint density at radius 3 is 2.53 bits per heavy atom. The van der Waals surface area contributed by atoms with E-state index in [2.05, 4.69) is 14.6 Å². The molecule has 15 heavy (non-hydrogen) atoms. The van der Waals surface area contributed by atoms with Crippen LogP contribution in [0.5, 0.6) is 0 Å². The van der Waals surface area contributed by atoms with Gasteiger partial charge in [0.25, 0.3) is 5.91 Å². The largest absolute Gasteiger partial charge is 0.288 e. The number of halogens is 2. The summed E-state index contributed by atoms with van der Waals surface area (Å²) in [5.41, 5.74) is -0.00640. The summed E-state index contributed by atoms with van der Waals surface area (Å²) in [5.74, 6) is -0.716. The first-order valence-electron chi connectivity index (χ1n) is 3.70. The number of hydrogen-bond acceptors (Lipinski definition) is 4. The summed E-state index contributed by atoms with van der Waals surface area (Å²) in [4.78, 5) is 11.5. The molecule has 0 aliphatic rings. The Morgan fingerprint density at radius 2 is 2.00 bits per heavy atom. The third kappa shape index (κ3) is 3.73. The normalized spacial score (nSPS) is 11.2. The summed E-state index contributed by atoms with van der Waals surface area (Å²) in [6.07, 6.45) is 2.68. The molecule has 82 valence electrons. The van der Waals surface area contributed by atoms with Gasteiger partial charge in [0.1, 0.15) is 0 Å². The molecule has 0 atom stereocenters. The lowest BCUT2D eigenvalue weighted by molar-refractivity contribution is 0.100. The maximum absolute atomic E-state index is 11.5. The Kier molecular flexibility index (Phi) is 3.64. The molecule has 0 fully saturated rings. The minimum atomic E-state index is -2.53. The monoisotopic (exact) mass is 267 g/mol. The van der Waals surface area contributed by atoms with Crippen LogP contribution in [-0.4, -0.2) is 32.8 Å². The van der Waals surface area contributed by atoms with Crippen LogP contribution in [0.3, 0.4) is 0 Å². The van der Waals surface area contributed by atoms with E-state index in [1.807, 2.05) is 0 Å². The van der Waals surface area contributed by atoms with Crippen molar-refractivity contribution in [2.45, 2.75) is 0 Å². The van der Waals surface area contributed by atoms with Crippen molar-refractivity contribution in [1.29, 1.82) is 0 Å². The summed E-state index contributed by atoms with van der Waals surface area (Å²) in [5, 5.41) is 6.79. The molecule has 0 unspecified atom stereocenters. The lowest BCUT2D eigenvalue weighted by Crippen LogP contribution is -2.03. The number of rotatable bonds is 1. The van der Waals surface area contributed by atoms with Crippen LogP contribution in [0.4, 0.5) is 0 Å². The molecule has 8 heteroatoms. The number of amides is 1. The molecule has 0 bridgehead atoms. The molecule has 0 radical (unpaired) electrons. The molecule has 1 rings (SSSR count). The van der Waals surface area contributed by atoms with E-state index in [-0.39, 0.29) is 15.9 Å². The topological polar surface area (TPSA) is 72.3 Å². The van der Waals surface area contributed by atoms with Crippen molar-refractivity contribution >= 4 is 38.8 Å². The molecule has 0 spiro atoms. The zero-order chi connectivity index (χ0) is 11.6. The average molecular weight is 268 g/mol. The summed E-state index contributed by atoms with van der Waals surface area (Å²) in [6, 6.07) is 1.23. The highest BCUT2D eigenvalue weighted by Crippen LogP contribution is 2.16. The van der Waals surface area contributed by atoms with Gasteiger partial charge < -0.3 is 0 Å². The van der Waals surface area contributed by atoms with Crippen molar-refractivity contribution in [3.05, 3.63) is 21.9 Å². The van der Waals surface area contributed by atoms with Crippen LogP contribution in [0, 0.1) is 0 Å². The van der Waals surface area contributed by atoms with Crippen molar-refractivity contribution in [2.75, 3.05) is 12.5 Å². The van der Waals surface area contributed by atoms with Crippen LogP contribution < -0.4 is 0 Å². The van der Waals surface area contributed by atoms with Crippen LogP contribution in [0.15, 0.2) is 10.4 Å². The maximum Gasteiger partial charge on any atom is 0.288 e. The lowest BCUT2D eigenvalue weighted by Gasteiger charge is -1.98. The SMILES string of the molecule is CS(C)(=O)=NC(=O)c1cc(Cl)nnc1Cl. The van der Waals surface area contributed by atoms with Gasteiger partial charge in [0, 0.05) is 22.2 Å². The minimum absolute atomic E-state index is 0.00640. The highest BCUT2D eigenvalue weighted by Gasteiger charge is 2.13. The maximum atomic E-state index is 11.5. The fraction of sp³-hybridized carbons (Fsp3) is 0.286. The van der Waals surface area contributed by atoms with Gasteiger partial charge in [-0.3, -0.25) is 4.79 Å². The van der Waals surface area contributed by atoms with Gasteiger partial charge in [0.05, 0.1) is 5.56 Å². The molecule has 0 aromatic carbocycles. The zero-order valence-electron chi connectivity index (χ0n) is 7.90. The van der Waals surface area contributed by atoms with Crippen LogP contribution >= 0.6 is 23.2 Å². The highest BCUT2D eigenvalue weighted by molar-refractivity contribution is 7.92. The van der Waals surface area contributed by atoms with Crippen molar-refractivity contribution in [2.24, 2.45) is 4.36 Å². The van der Waals surface area contributed by atoms with E-state index in [0.717, 1.165) is 0 Å². The molecule has 0 saturated carbocycles. The first kappa shape index (κ1) is 12.4. The molecule has 0 saturated heterocycles. The Morgan fingerprint density at radius 1 is 1.40 bits per heavy atom. The van der Waals surface area contributed by atoms with E-state index in [9.17, 15) is 9.00 Å². The van der Waals surface area contributed by atoms with Gasteiger partial charge in [-0.2, -0.15) is 4.36 Å². The highest BCUT2D eigenvalue weighted by atomic mass is 35.5. The third-order valence-corrected chi connectivity index (χ3v) is 2.32. The van der Waals surface area contributed by atoms with E-state index in [4.69, 9.17) is 23.2 Å². The molecule has 0 aliphatic carbocycles. The van der Waals surface area contributed by atoms with E-state index >= 15 is 0 Å². The standard InChI is InChI=1S/C7H7Cl2N3O2S/c1-15(2,14)12-7(13)4-3-5(8)10-11-6(4)9/h3H,1-2H3. The van der Waals surface area contributed by atoms with E-state index in [1.54, 1.807) is 0 Å². The summed E-state index contributed by atoms with van der Waals surface area (Å²) in [7, 11) is -2.53. The molecule has 1 aromatic rings. The zero-order valence-corrected chi connectivity index (χ0v) is 10.2. The van der Waals surface area contributed by atoms with Gasteiger partial charge in [-0.05, 0) is 6.07 Å². The first-order valence-corrected chi connectivity index (χ1v) is 6.78. The predicted octanol–water partition coefficient (Wildman–Crippen LogP) is 1.65. The summed E-state index contributed by atoms with van der Waals surface area (Å²) >= 11 is 11.1. The predicted molar refractivity (Wildman–Crippen MR) is 58.8 cm³/mol. The molecule has 1 amide bonds. The number of nitrogens with zero attached hydrogens (tertiary/aromatic N) is 3. The van der Waals surface area contributed by atoms with Gasteiger partial charge in [0.15, 0.2) is 10.3 Å². The number of carbonyl (C=O) groups is 1. The van der Waals surface area contributed by atoms with Crippen molar-refractivity contribution in [3.63, 3.8) is 0 Å². The number of aromatic nitrogens is 2. The Labute approximate surface area is 97.0 Å². The summed E-state index contributed by atoms with van der Waals surface area (Å²) < 4.78 is 14.7. The van der Waals surface area contributed by atoms with Gasteiger partial charge in [-0.15, -0.1) is 10.2 Å². The van der Waals surface area contributed by atoms with Crippen LogP contribution in [0.2, 0.25) is 10.3 Å². The summed E-state index contributed by atoms with van der Waals surface area (Å²) in [6.45, 7) is 0. The molecule has 5 nitrogen and oxygen atoms in total. The van der Waals surface area contributed by atoms with Crippen LogP contribution in [0.25, 0.3) is 0 Å². The van der Waals surface area contributed by atoms with Gasteiger partial charge >= 0.3 is 0 Å². The molecular weight excluding hydrogens is 261 g/mol.